The molecular weight excluding hydrogens is 356 g/mol. The molecule has 0 bridgehead atoms. The standard InChI is InChI=1S/C23H30O5/c1-12-20-19-7-5-15-11-16(27-13(2)24)6-8-17(15)18(19)9-10-23(20,4)22(21(12)26)28-14(3)25/h6,8,11-12,18-22,26H,5,7,9-10H2,1-4H3/t12-,18?,19?,20?,21-,22?,23+/m1/s1. The molecule has 3 aliphatic carbocycles. The lowest BCUT2D eigenvalue weighted by molar-refractivity contribution is -0.161. The highest BCUT2D eigenvalue weighted by Gasteiger charge is 2.62. The summed E-state index contributed by atoms with van der Waals surface area (Å²) in [6.07, 6.45) is 2.92. The van der Waals surface area contributed by atoms with Crippen LogP contribution in [0.5, 0.6) is 5.75 Å². The molecule has 2 fully saturated rings. The quantitative estimate of drug-likeness (QED) is 0.621. The fourth-order valence-electron chi connectivity index (χ4n) is 6.65. The molecule has 0 aliphatic heterocycles. The third kappa shape index (κ3) is 2.95. The summed E-state index contributed by atoms with van der Waals surface area (Å²) in [5, 5.41) is 10.9. The van der Waals surface area contributed by atoms with E-state index in [9.17, 15) is 14.7 Å². The van der Waals surface area contributed by atoms with Crippen LogP contribution in [0.3, 0.4) is 0 Å². The topological polar surface area (TPSA) is 72.8 Å². The monoisotopic (exact) mass is 386 g/mol. The molecule has 7 atom stereocenters. The first-order valence-electron chi connectivity index (χ1n) is 10.4. The lowest BCUT2D eigenvalue weighted by Crippen LogP contribution is -2.46. The molecule has 1 aromatic rings. The summed E-state index contributed by atoms with van der Waals surface area (Å²) >= 11 is 0. The van der Waals surface area contributed by atoms with Crippen molar-refractivity contribution in [2.24, 2.45) is 23.2 Å². The Morgan fingerprint density at radius 3 is 2.61 bits per heavy atom. The molecule has 1 N–H and O–H groups in total. The number of hydrogen-bond donors (Lipinski definition) is 1. The number of benzene rings is 1. The van der Waals surface area contributed by atoms with Crippen molar-refractivity contribution in [3.8, 4) is 5.75 Å². The molecule has 4 unspecified atom stereocenters. The second kappa shape index (κ2) is 6.87. The van der Waals surface area contributed by atoms with Crippen LogP contribution >= 0.6 is 0 Å². The first kappa shape index (κ1) is 19.4. The van der Waals surface area contributed by atoms with E-state index in [0.29, 0.717) is 23.5 Å². The molecule has 28 heavy (non-hydrogen) atoms. The van der Waals surface area contributed by atoms with Crippen molar-refractivity contribution in [1.29, 1.82) is 0 Å². The average Bonchev–Trinajstić information content (AvgIpc) is 2.81. The first-order valence-corrected chi connectivity index (χ1v) is 10.4. The zero-order valence-electron chi connectivity index (χ0n) is 17.1. The molecule has 0 aromatic heterocycles. The van der Waals surface area contributed by atoms with Crippen LogP contribution in [-0.2, 0) is 20.7 Å². The molecule has 3 aliphatic rings. The Hall–Kier alpha value is -1.88. The van der Waals surface area contributed by atoms with Gasteiger partial charge in [-0.25, -0.2) is 0 Å². The number of carbonyl (C=O) groups excluding carboxylic acids is 2. The Labute approximate surface area is 166 Å². The second-order valence-corrected chi connectivity index (χ2v) is 9.21. The molecule has 152 valence electrons. The zero-order chi connectivity index (χ0) is 20.2. The van der Waals surface area contributed by atoms with Crippen molar-refractivity contribution in [2.75, 3.05) is 0 Å². The first-order chi connectivity index (χ1) is 13.2. The van der Waals surface area contributed by atoms with E-state index in [0.717, 1.165) is 25.7 Å². The van der Waals surface area contributed by atoms with Crippen molar-refractivity contribution < 1.29 is 24.2 Å². The van der Waals surface area contributed by atoms with Gasteiger partial charge in [0.15, 0.2) is 0 Å². The van der Waals surface area contributed by atoms with E-state index in [4.69, 9.17) is 9.47 Å². The molecule has 0 spiro atoms. The van der Waals surface area contributed by atoms with E-state index in [1.165, 1.54) is 25.0 Å². The number of esters is 2. The predicted octanol–water partition coefficient (Wildman–Crippen LogP) is 3.62. The van der Waals surface area contributed by atoms with Gasteiger partial charge in [0, 0.05) is 19.3 Å². The highest BCUT2D eigenvalue weighted by molar-refractivity contribution is 5.69. The SMILES string of the molecule is CC(=O)Oc1ccc2c(c1)CCC1C2CC[C@@]2(C)C1[C@@H](C)[C@@H](O)C2OC(C)=O. The second-order valence-electron chi connectivity index (χ2n) is 9.21. The Bertz CT molecular complexity index is 802. The molecule has 0 saturated heterocycles. The third-order valence-corrected chi connectivity index (χ3v) is 7.61. The average molecular weight is 386 g/mol. The van der Waals surface area contributed by atoms with Gasteiger partial charge in [0.2, 0.25) is 0 Å². The summed E-state index contributed by atoms with van der Waals surface area (Å²) in [5.74, 6) is 1.34. The van der Waals surface area contributed by atoms with E-state index in [1.54, 1.807) is 0 Å². The van der Waals surface area contributed by atoms with E-state index in [1.807, 2.05) is 12.1 Å². The number of aliphatic hydroxyl groups is 1. The largest absolute Gasteiger partial charge is 0.459 e. The van der Waals surface area contributed by atoms with Crippen LogP contribution in [0.4, 0.5) is 0 Å². The van der Waals surface area contributed by atoms with E-state index in [2.05, 4.69) is 19.9 Å². The summed E-state index contributed by atoms with van der Waals surface area (Å²) in [5.41, 5.74) is 2.44. The highest BCUT2D eigenvalue weighted by atomic mass is 16.6. The molecule has 0 radical (unpaired) electrons. The smallest absolute Gasteiger partial charge is 0.308 e. The van der Waals surface area contributed by atoms with Crippen LogP contribution in [0.25, 0.3) is 0 Å². The minimum Gasteiger partial charge on any atom is -0.459 e. The summed E-state index contributed by atoms with van der Waals surface area (Å²) in [6.45, 7) is 7.16. The van der Waals surface area contributed by atoms with Crippen LogP contribution in [-0.4, -0.2) is 29.3 Å². The van der Waals surface area contributed by atoms with Crippen LogP contribution in [0.15, 0.2) is 18.2 Å². The van der Waals surface area contributed by atoms with Gasteiger partial charge in [-0.3, -0.25) is 9.59 Å². The minimum atomic E-state index is -0.606. The van der Waals surface area contributed by atoms with Gasteiger partial charge in [-0.15, -0.1) is 0 Å². The molecule has 2 saturated carbocycles. The maximum atomic E-state index is 11.7. The summed E-state index contributed by atoms with van der Waals surface area (Å²) in [7, 11) is 0. The number of hydrogen-bond acceptors (Lipinski definition) is 5. The molecule has 1 aromatic carbocycles. The number of rotatable bonds is 2. The number of aryl methyl sites for hydroxylation is 1. The Kier molecular flexibility index (Phi) is 4.77. The zero-order valence-corrected chi connectivity index (χ0v) is 17.1. The molecule has 0 amide bonds. The van der Waals surface area contributed by atoms with Gasteiger partial charge in [0.1, 0.15) is 11.9 Å². The van der Waals surface area contributed by atoms with Gasteiger partial charge in [-0.2, -0.15) is 0 Å². The molecule has 4 rings (SSSR count). The fraction of sp³-hybridized carbons (Fsp3) is 0.652. The van der Waals surface area contributed by atoms with E-state index < -0.39 is 12.2 Å². The van der Waals surface area contributed by atoms with Crippen molar-refractivity contribution in [3.05, 3.63) is 29.3 Å². The third-order valence-electron chi connectivity index (χ3n) is 7.61. The van der Waals surface area contributed by atoms with Gasteiger partial charge < -0.3 is 14.6 Å². The van der Waals surface area contributed by atoms with Crippen LogP contribution in [0.2, 0.25) is 0 Å². The number of ether oxygens (including phenoxy) is 2. The van der Waals surface area contributed by atoms with Gasteiger partial charge >= 0.3 is 11.9 Å². The Morgan fingerprint density at radius 2 is 1.93 bits per heavy atom. The predicted molar refractivity (Wildman–Crippen MR) is 104 cm³/mol. The lowest BCUT2D eigenvalue weighted by Gasteiger charge is -2.51. The minimum absolute atomic E-state index is 0.101. The normalized spacial score (nSPS) is 38.8. The van der Waals surface area contributed by atoms with Crippen LogP contribution < -0.4 is 4.74 Å². The van der Waals surface area contributed by atoms with Crippen molar-refractivity contribution >= 4 is 11.9 Å². The Balaban J connectivity index is 1.65. The van der Waals surface area contributed by atoms with Gasteiger partial charge in [0.05, 0.1) is 6.10 Å². The summed E-state index contributed by atoms with van der Waals surface area (Å²) in [4.78, 5) is 22.9. The van der Waals surface area contributed by atoms with E-state index >= 15 is 0 Å². The highest BCUT2D eigenvalue weighted by Crippen LogP contribution is 2.63. The Morgan fingerprint density at radius 1 is 1.18 bits per heavy atom. The molecule has 5 heteroatoms. The summed E-state index contributed by atoms with van der Waals surface area (Å²) in [6, 6.07) is 6.02. The maximum absolute atomic E-state index is 11.7. The van der Waals surface area contributed by atoms with Crippen LogP contribution in [0.1, 0.15) is 64.0 Å². The molecular formula is C23H30O5. The van der Waals surface area contributed by atoms with Crippen molar-refractivity contribution in [1.82, 2.24) is 0 Å². The lowest BCUT2D eigenvalue weighted by atomic mass is 9.54. The van der Waals surface area contributed by atoms with Gasteiger partial charge in [-0.1, -0.05) is 19.9 Å². The summed E-state index contributed by atoms with van der Waals surface area (Å²) < 4.78 is 10.9. The molecule has 0 heterocycles. The van der Waals surface area contributed by atoms with Crippen LogP contribution in [0, 0.1) is 23.2 Å². The van der Waals surface area contributed by atoms with Gasteiger partial charge in [-0.05, 0) is 72.6 Å². The fourth-order valence-corrected chi connectivity index (χ4v) is 6.65. The van der Waals surface area contributed by atoms with Crippen molar-refractivity contribution in [3.63, 3.8) is 0 Å². The van der Waals surface area contributed by atoms with Crippen molar-refractivity contribution in [2.45, 2.75) is 71.5 Å². The van der Waals surface area contributed by atoms with E-state index in [-0.39, 0.29) is 23.3 Å². The molecule has 5 nitrogen and oxygen atoms in total. The number of fused-ring (bicyclic) bond motifs is 5. The van der Waals surface area contributed by atoms with Gasteiger partial charge in [0.25, 0.3) is 0 Å². The number of aliphatic hydroxyl groups excluding tert-OH is 1. The maximum Gasteiger partial charge on any atom is 0.308 e. The number of carbonyl (C=O) groups is 2.